The van der Waals surface area contributed by atoms with Gasteiger partial charge >= 0.3 is 0 Å². The summed E-state index contributed by atoms with van der Waals surface area (Å²) < 4.78 is 7.17. The summed E-state index contributed by atoms with van der Waals surface area (Å²) in [6.07, 6.45) is 0. The van der Waals surface area contributed by atoms with E-state index in [1.807, 2.05) is 0 Å². The van der Waals surface area contributed by atoms with Crippen LogP contribution < -0.4 is 9.80 Å². The van der Waals surface area contributed by atoms with Crippen LogP contribution in [0.25, 0.3) is 88.0 Å². The number of para-hydroxylation sites is 2. The van der Waals surface area contributed by atoms with Crippen LogP contribution in [-0.4, -0.2) is 0 Å². The highest BCUT2D eigenvalue weighted by molar-refractivity contribution is 6.18. The second-order valence-electron chi connectivity index (χ2n) is 18.1. The third-order valence-corrected chi connectivity index (χ3v) is 13.8. The Hall–Kier alpha value is -9.44. The van der Waals surface area contributed by atoms with Crippen molar-refractivity contribution < 1.29 is 4.42 Å². The number of fused-ring (bicyclic) bond motifs is 5. The van der Waals surface area contributed by atoms with Crippen molar-refractivity contribution in [2.75, 3.05) is 9.80 Å². The maximum Gasteiger partial charge on any atom is 0.139 e. The first-order valence-electron chi connectivity index (χ1n) is 24.2. The van der Waals surface area contributed by atoms with E-state index in [9.17, 15) is 0 Å². The van der Waals surface area contributed by atoms with E-state index in [0.717, 1.165) is 100 Å². The molecular weight excluding hydrogens is 861 g/mol. The summed E-state index contributed by atoms with van der Waals surface area (Å²) >= 11 is 0. The van der Waals surface area contributed by atoms with Crippen molar-refractivity contribution in [1.82, 2.24) is 0 Å². The van der Waals surface area contributed by atoms with Gasteiger partial charge < -0.3 is 14.2 Å². The van der Waals surface area contributed by atoms with Crippen LogP contribution in [0.15, 0.2) is 283 Å². The molecule has 0 fully saturated rings. The predicted molar refractivity (Wildman–Crippen MR) is 300 cm³/mol. The van der Waals surface area contributed by atoms with Crippen LogP contribution in [0.4, 0.5) is 34.1 Å². The first-order valence-corrected chi connectivity index (χ1v) is 24.2. The van der Waals surface area contributed by atoms with E-state index < -0.39 is 0 Å². The molecule has 0 atom stereocenters. The average Bonchev–Trinajstić information content (AvgIpc) is 3.81. The number of furan rings is 1. The molecule has 0 aliphatic heterocycles. The molecule has 334 valence electrons. The van der Waals surface area contributed by atoms with Crippen molar-refractivity contribution >= 4 is 77.6 Å². The quantitative estimate of drug-likeness (QED) is 0.136. The van der Waals surface area contributed by atoms with Gasteiger partial charge in [-0.25, -0.2) is 0 Å². The number of hydrogen-bond donors (Lipinski definition) is 0. The van der Waals surface area contributed by atoms with Gasteiger partial charge in [0.25, 0.3) is 0 Å². The van der Waals surface area contributed by atoms with Gasteiger partial charge in [0.05, 0.1) is 28.1 Å². The Labute approximate surface area is 413 Å². The summed E-state index contributed by atoms with van der Waals surface area (Å²) in [4.78, 5) is 4.86. The lowest BCUT2D eigenvalue weighted by Crippen LogP contribution is -2.15. The van der Waals surface area contributed by atoms with Crippen molar-refractivity contribution in [2.45, 2.75) is 0 Å². The zero-order valence-corrected chi connectivity index (χ0v) is 38.9. The van der Waals surface area contributed by atoms with Gasteiger partial charge in [0, 0.05) is 34.0 Å². The van der Waals surface area contributed by atoms with E-state index in [1.54, 1.807) is 0 Å². The van der Waals surface area contributed by atoms with Gasteiger partial charge in [-0.2, -0.15) is 0 Å². The molecule has 13 rings (SSSR count). The zero-order valence-electron chi connectivity index (χ0n) is 38.9. The molecule has 0 bridgehead atoms. The summed E-state index contributed by atoms with van der Waals surface area (Å²) in [5.41, 5.74) is 16.9. The lowest BCUT2D eigenvalue weighted by molar-refractivity contribution is 0.669. The van der Waals surface area contributed by atoms with E-state index in [1.165, 1.54) is 21.9 Å². The van der Waals surface area contributed by atoms with Crippen molar-refractivity contribution in [3.8, 4) is 44.5 Å². The number of benzene rings is 12. The second-order valence-corrected chi connectivity index (χ2v) is 18.1. The highest BCUT2D eigenvalue weighted by Crippen LogP contribution is 2.51. The smallest absolute Gasteiger partial charge is 0.139 e. The number of nitrogens with zero attached hydrogens (tertiary/aromatic N) is 2. The van der Waals surface area contributed by atoms with Gasteiger partial charge in [-0.1, -0.05) is 212 Å². The van der Waals surface area contributed by atoms with E-state index in [2.05, 4.69) is 289 Å². The fourth-order valence-corrected chi connectivity index (χ4v) is 10.5. The summed E-state index contributed by atoms with van der Waals surface area (Å²) in [5.74, 6) is 0. The first kappa shape index (κ1) is 41.7. The minimum atomic E-state index is 0.791. The standard InChI is InChI=1S/C68H46N2O/c1-5-20-47(21-6-1)49-36-39-56(40-37-49)70(63-35-18-17-33-60(63)59-34-19-29-50-26-15-16-32-58(50)59)65-45-57(46-67-68(65)62-43-52-27-13-14-28-53(52)44-66(62)71-67)69(55-30-11-4-12-31-55)64-41-38-54(48-22-7-2-8-23-48)42-61(64)51-24-9-3-10-25-51/h1-46H. The molecule has 3 nitrogen and oxygen atoms in total. The van der Waals surface area contributed by atoms with Crippen LogP contribution in [0.2, 0.25) is 0 Å². The molecule has 0 saturated heterocycles. The molecule has 71 heavy (non-hydrogen) atoms. The molecule has 0 radical (unpaired) electrons. The molecule has 1 heterocycles. The Kier molecular flexibility index (Phi) is 10.5. The Balaban J connectivity index is 1.13. The number of rotatable bonds is 10. The molecule has 0 saturated carbocycles. The van der Waals surface area contributed by atoms with Crippen LogP contribution in [-0.2, 0) is 0 Å². The third kappa shape index (κ3) is 7.67. The molecule has 1 aromatic heterocycles. The van der Waals surface area contributed by atoms with Gasteiger partial charge in [0.1, 0.15) is 11.2 Å². The molecular formula is C68H46N2O. The molecule has 0 aliphatic carbocycles. The largest absolute Gasteiger partial charge is 0.456 e. The van der Waals surface area contributed by atoms with E-state index in [4.69, 9.17) is 4.42 Å². The third-order valence-electron chi connectivity index (χ3n) is 13.8. The summed E-state index contributed by atoms with van der Waals surface area (Å²) in [7, 11) is 0. The summed E-state index contributed by atoms with van der Waals surface area (Å²) in [5, 5.41) is 6.77. The van der Waals surface area contributed by atoms with Crippen molar-refractivity contribution in [2.24, 2.45) is 0 Å². The number of hydrogen-bond acceptors (Lipinski definition) is 3. The van der Waals surface area contributed by atoms with Gasteiger partial charge in [0.2, 0.25) is 0 Å². The van der Waals surface area contributed by atoms with Crippen molar-refractivity contribution in [3.63, 3.8) is 0 Å². The first-order chi connectivity index (χ1) is 35.2. The Morgan fingerprint density at radius 1 is 0.239 bits per heavy atom. The van der Waals surface area contributed by atoms with Crippen molar-refractivity contribution in [3.05, 3.63) is 279 Å². The van der Waals surface area contributed by atoms with Gasteiger partial charge in [-0.3, -0.25) is 0 Å². The highest BCUT2D eigenvalue weighted by atomic mass is 16.3. The predicted octanol–water partition coefficient (Wildman–Crippen LogP) is 19.5. The van der Waals surface area contributed by atoms with Crippen LogP contribution in [0.1, 0.15) is 0 Å². The monoisotopic (exact) mass is 906 g/mol. The normalized spacial score (nSPS) is 11.4. The molecule has 0 unspecified atom stereocenters. The second kappa shape index (κ2) is 17.9. The van der Waals surface area contributed by atoms with E-state index >= 15 is 0 Å². The Morgan fingerprint density at radius 3 is 1.49 bits per heavy atom. The van der Waals surface area contributed by atoms with Crippen LogP contribution in [0.3, 0.4) is 0 Å². The topological polar surface area (TPSA) is 19.6 Å². The Bertz CT molecular complexity index is 4030. The maximum atomic E-state index is 7.17. The molecule has 0 amide bonds. The lowest BCUT2D eigenvalue weighted by Gasteiger charge is -2.32. The molecule has 0 spiro atoms. The minimum Gasteiger partial charge on any atom is -0.456 e. The molecule has 3 heteroatoms. The average molecular weight is 907 g/mol. The summed E-state index contributed by atoms with van der Waals surface area (Å²) in [6, 6.07) is 100. The summed E-state index contributed by atoms with van der Waals surface area (Å²) in [6.45, 7) is 0. The number of anilines is 6. The van der Waals surface area contributed by atoms with E-state index in [-0.39, 0.29) is 0 Å². The van der Waals surface area contributed by atoms with Crippen molar-refractivity contribution in [1.29, 1.82) is 0 Å². The highest BCUT2D eigenvalue weighted by Gasteiger charge is 2.27. The van der Waals surface area contributed by atoms with E-state index in [0.29, 0.717) is 0 Å². The minimum absolute atomic E-state index is 0.791. The Morgan fingerprint density at radius 2 is 0.761 bits per heavy atom. The van der Waals surface area contributed by atoms with Crippen LogP contribution in [0.5, 0.6) is 0 Å². The van der Waals surface area contributed by atoms with Gasteiger partial charge in [-0.05, 0) is 116 Å². The SMILES string of the molecule is c1ccc(-c2ccc(N(c3ccccc3-c3cccc4ccccc34)c3cc(N(c4ccccc4)c4ccc(-c5ccccc5)cc4-c4ccccc4)cc4oc5cc6ccccc6cc5c34)cc2)cc1. The molecule has 13 aromatic rings. The van der Waals surface area contributed by atoms with Gasteiger partial charge in [-0.15, -0.1) is 0 Å². The molecule has 12 aromatic carbocycles. The molecule has 0 aliphatic rings. The fraction of sp³-hybridized carbons (Fsp3) is 0. The lowest BCUT2D eigenvalue weighted by atomic mass is 9.95. The zero-order chi connectivity index (χ0) is 47.1. The van der Waals surface area contributed by atoms with Crippen LogP contribution in [0, 0.1) is 0 Å². The van der Waals surface area contributed by atoms with Gasteiger partial charge in [0.15, 0.2) is 0 Å². The molecule has 0 N–H and O–H groups in total. The van der Waals surface area contributed by atoms with Crippen LogP contribution >= 0.6 is 0 Å². The fourth-order valence-electron chi connectivity index (χ4n) is 10.5. The maximum absolute atomic E-state index is 7.17.